The Morgan fingerprint density at radius 2 is 1.83 bits per heavy atom. The van der Waals surface area contributed by atoms with E-state index < -0.39 is 0 Å². The van der Waals surface area contributed by atoms with E-state index in [-0.39, 0.29) is 0 Å². The van der Waals surface area contributed by atoms with Crippen LogP contribution in [0.1, 0.15) is 61.3 Å². The van der Waals surface area contributed by atoms with E-state index >= 15 is 0 Å². The number of hydrogen-bond donors (Lipinski definition) is 1. The van der Waals surface area contributed by atoms with Crippen molar-refractivity contribution < 1.29 is 0 Å². The van der Waals surface area contributed by atoms with Crippen LogP contribution in [0, 0.1) is 11.3 Å². The topological polar surface area (TPSA) is 15.3 Å². The first-order chi connectivity index (χ1) is 8.26. The fraction of sp³-hybridized carbons (Fsp3) is 1.00. The second kappa shape index (κ2) is 5.92. The van der Waals surface area contributed by atoms with Gasteiger partial charge in [0.05, 0.1) is 0 Å². The molecule has 0 aromatic rings. The van der Waals surface area contributed by atoms with Crippen molar-refractivity contribution in [3.05, 3.63) is 0 Å². The molecule has 1 aliphatic heterocycles. The Hall–Kier alpha value is -0.0800. The van der Waals surface area contributed by atoms with Gasteiger partial charge in [-0.3, -0.25) is 4.90 Å². The number of nitrogens with zero attached hydrogens (tertiary/aromatic N) is 1. The molecule has 0 aromatic heterocycles. The fourth-order valence-electron chi connectivity index (χ4n) is 2.74. The van der Waals surface area contributed by atoms with E-state index in [1.54, 1.807) is 0 Å². The summed E-state index contributed by atoms with van der Waals surface area (Å²) in [5, 5.41) is 3.79. The molecule has 0 radical (unpaired) electrons. The molecule has 0 aliphatic carbocycles. The van der Waals surface area contributed by atoms with Gasteiger partial charge in [0.2, 0.25) is 0 Å². The summed E-state index contributed by atoms with van der Waals surface area (Å²) >= 11 is 0. The zero-order valence-corrected chi connectivity index (χ0v) is 13.6. The van der Waals surface area contributed by atoms with E-state index in [0.717, 1.165) is 12.5 Å². The van der Waals surface area contributed by atoms with Crippen molar-refractivity contribution in [2.24, 2.45) is 11.3 Å². The molecule has 0 bridgehead atoms. The molecule has 1 aliphatic rings. The Morgan fingerprint density at radius 3 is 2.28 bits per heavy atom. The number of rotatable bonds is 5. The molecular formula is C16H34N2. The third kappa shape index (κ3) is 3.48. The molecule has 0 saturated carbocycles. The van der Waals surface area contributed by atoms with Crippen LogP contribution in [0.2, 0.25) is 0 Å². The fourth-order valence-corrected chi connectivity index (χ4v) is 2.74. The molecule has 1 saturated heterocycles. The Bertz CT molecular complexity index is 252. The molecule has 0 spiro atoms. The predicted octanol–water partition coefficient (Wildman–Crippen LogP) is 3.52. The molecule has 1 fully saturated rings. The SMILES string of the molecule is CCC1(CC)CN(CC(C)(C)C(C)C)C(C)CN1. The van der Waals surface area contributed by atoms with E-state index in [4.69, 9.17) is 0 Å². The zero-order valence-electron chi connectivity index (χ0n) is 13.6. The summed E-state index contributed by atoms with van der Waals surface area (Å²) in [7, 11) is 0. The molecule has 1 rings (SSSR count). The maximum absolute atomic E-state index is 3.79. The van der Waals surface area contributed by atoms with Gasteiger partial charge >= 0.3 is 0 Å². The van der Waals surface area contributed by atoms with E-state index in [0.29, 0.717) is 17.0 Å². The minimum atomic E-state index is 0.347. The first-order valence-corrected chi connectivity index (χ1v) is 7.75. The van der Waals surface area contributed by atoms with E-state index in [9.17, 15) is 0 Å². The summed E-state index contributed by atoms with van der Waals surface area (Å²) in [5.74, 6) is 0.734. The molecular weight excluding hydrogens is 220 g/mol. The summed E-state index contributed by atoms with van der Waals surface area (Å²) in [5.41, 5.74) is 0.748. The first-order valence-electron chi connectivity index (χ1n) is 7.75. The summed E-state index contributed by atoms with van der Waals surface area (Å²) < 4.78 is 0. The lowest BCUT2D eigenvalue weighted by Crippen LogP contribution is -2.64. The first kappa shape index (κ1) is 16.0. The van der Waals surface area contributed by atoms with Crippen LogP contribution in [0.25, 0.3) is 0 Å². The van der Waals surface area contributed by atoms with Crippen LogP contribution in [0.3, 0.4) is 0 Å². The quantitative estimate of drug-likeness (QED) is 0.807. The molecule has 2 nitrogen and oxygen atoms in total. The smallest absolute Gasteiger partial charge is 0.0304 e. The number of piperazine rings is 1. The van der Waals surface area contributed by atoms with Crippen LogP contribution in [0.5, 0.6) is 0 Å². The lowest BCUT2D eigenvalue weighted by Gasteiger charge is -2.49. The molecule has 18 heavy (non-hydrogen) atoms. The zero-order chi connectivity index (χ0) is 14.0. The average Bonchev–Trinajstić information content (AvgIpc) is 2.32. The van der Waals surface area contributed by atoms with Crippen LogP contribution in [-0.4, -0.2) is 36.1 Å². The lowest BCUT2D eigenvalue weighted by molar-refractivity contribution is 0.0357. The van der Waals surface area contributed by atoms with Crippen LogP contribution in [0.4, 0.5) is 0 Å². The molecule has 0 aromatic carbocycles. The third-order valence-electron chi connectivity index (χ3n) is 5.43. The molecule has 108 valence electrons. The summed E-state index contributed by atoms with van der Waals surface area (Å²) in [4.78, 5) is 2.71. The number of hydrogen-bond acceptors (Lipinski definition) is 2. The molecule has 0 amide bonds. The van der Waals surface area contributed by atoms with Gasteiger partial charge in [-0.25, -0.2) is 0 Å². The van der Waals surface area contributed by atoms with Crippen molar-refractivity contribution in [3.8, 4) is 0 Å². The Kier molecular flexibility index (Phi) is 5.25. The third-order valence-corrected chi connectivity index (χ3v) is 5.43. The van der Waals surface area contributed by atoms with Crippen LogP contribution < -0.4 is 5.32 Å². The van der Waals surface area contributed by atoms with Crippen molar-refractivity contribution in [3.63, 3.8) is 0 Å². The van der Waals surface area contributed by atoms with Gasteiger partial charge < -0.3 is 5.32 Å². The van der Waals surface area contributed by atoms with Crippen LogP contribution in [-0.2, 0) is 0 Å². The summed E-state index contributed by atoms with van der Waals surface area (Å²) in [6.07, 6.45) is 2.46. The van der Waals surface area contributed by atoms with Gasteiger partial charge in [-0.05, 0) is 31.1 Å². The van der Waals surface area contributed by atoms with Crippen LogP contribution in [0.15, 0.2) is 0 Å². The van der Waals surface area contributed by atoms with Gasteiger partial charge in [0.15, 0.2) is 0 Å². The van der Waals surface area contributed by atoms with E-state index in [1.165, 1.54) is 25.9 Å². The highest BCUT2D eigenvalue weighted by Gasteiger charge is 2.37. The van der Waals surface area contributed by atoms with E-state index in [2.05, 4.69) is 58.7 Å². The number of nitrogens with one attached hydrogen (secondary N) is 1. The normalized spacial score (nSPS) is 25.7. The lowest BCUT2D eigenvalue weighted by atomic mass is 9.79. The Morgan fingerprint density at radius 1 is 1.28 bits per heavy atom. The minimum Gasteiger partial charge on any atom is -0.308 e. The minimum absolute atomic E-state index is 0.347. The standard InChI is InChI=1S/C16H34N2/c1-8-16(9-2)12-18(14(5)10-17-16)11-15(6,7)13(3)4/h13-14,17H,8-12H2,1-7H3. The van der Waals surface area contributed by atoms with Crippen molar-refractivity contribution in [2.75, 3.05) is 19.6 Å². The molecule has 1 atom stereocenters. The summed E-state index contributed by atoms with van der Waals surface area (Å²) in [6.45, 7) is 20.1. The highest BCUT2D eigenvalue weighted by Crippen LogP contribution is 2.31. The largest absolute Gasteiger partial charge is 0.308 e. The van der Waals surface area contributed by atoms with Crippen molar-refractivity contribution in [1.29, 1.82) is 0 Å². The monoisotopic (exact) mass is 254 g/mol. The second-order valence-corrected chi connectivity index (χ2v) is 7.27. The molecule has 1 heterocycles. The van der Waals surface area contributed by atoms with Crippen molar-refractivity contribution >= 4 is 0 Å². The Labute approximate surface area is 115 Å². The van der Waals surface area contributed by atoms with Gasteiger partial charge in [-0.15, -0.1) is 0 Å². The maximum Gasteiger partial charge on any atom is 0.0304 e. The average molecular weight is 254 g/mol. The second-order valence-electron chi connectivity index (χ2n) is 7.27. The van der Waals surface area contributed by atoms with Gasteiger partial charge in [0, 0.05) is 31.2 Å². The van der Waals surface area contributed by atoms with Gasteiger partial charge in [-0.1, -0.05) is 41.5 Å². The van der Waals surface area contributed by atoms with Crippen LogP contribution >= 0.6 is 0 Å². The molecule has 2 heteroatoms. The van der Waals surface area contributed by atoms with Crippen molar-refractivity contribution in [2.45, 2.75) is 72.9 Å². The van der Waals surface area contributed by atoms with Gasteiger partial charge in [0.1, 0.15) is 0 Å². The van der Waals surface area contributed by atoms with E-state index in [1.807, 2.05) is 0 Å². The summed E-state index contributed by atoms with van der Waals surface area (Å²) in [6, 6.07) is 0.661. The highest BCUT2D eigenvalue weighted by atomic mass is 15.3. The predicted molar refractivity (Wildman–Crippen MR) is 81.0 cm³/mol. The van der Waals surface area contributed by atoms with Gasteiger partial charge in [0.25, 0.3) is 0 Å². The van der Waals surface area contributed by atoms with Crippen molar-refractivity contribution in [1.82, 2.24) is 10.2 Å². The maximum atomic E-state index is 3.79. The Balaban J connectivity index is 2.74. The van der Waals surface area contributed by atoms with Gasteiger partial charge in [-0.2, -0.15) is 0 Å². The molecule has 1 N–H and O–H groups in total. The molecule has 1 unspecified atom stereocenters. The highest BCUT2D eigenvalue weighted by molar-refractivity contribution is 4.96.